The maximum Gasteiger partial charge on any atom is 0.513 e. The maximum atomic E-state index is 13.5. The number of nitrogens with zero attached hydrogens (tertiary/aromatic N) is 1. The van der Waals surface area contributed by atoms with Gasteiger partial charge in [0.1, 0.15) is 12.4 Å². The third kappa shape index (κ3) is 7.47. The molecule has 2 amide bonds. The number of carboxylic acids is 2. The molecule has 15 heteroatoms. The van der Waals surface area contributed by atoms with E-state index in [2.05, 4.69) is 5.32 Å². The van der Waals surface area contributed by atoms with Crippen molar-refractivity contribution in [1.29, 1.82) is 0 Å². The van der Waals surface area contributed by atoms with Crippen molar-refractivity contribution >= 4 is 46.9 Å². The fourth-order valence-electron chi connectivity index (χ4n) is 4.55. The summed E-state index contributed by atoms with van der Waals surface area (Å²) in [6.07, 6.45) is -6.00. The predicted molar refractivity (Wildman–Crippen MR) is 167 cm³/mol. The number of ether oxygens (including phenoxy) is 2. The summed E-state index contributed by atoms with van der Waals surface area (Å²) in [5.74, 6) is -5.10. The summed E-state index contributed by atoms with van der Waals surface area (Å²) in [4.78, 5) is 64.2. The van der Waals surface area contributed by atoms with Crippen molar-refractivity contribution in [3.8, 4) is 16.9 Å². The Balaban J connectivity index is 1.59. The SMILES string of the molecule is Cc1ccc(C(=O)Nc2ccc(OC(=O)OCC(C(=O)O)(C(=O)O)c3cccs3)cc2C(=O)N(C)C)c(-c2ccc(C(F)(F)F)cc2)c1. The molecule has 48 heavy (non-hydrogen) atoms. The van der Waals surface area contributed by atoms with Crippen molar-refractivity contribution < 1.29 is 56.8 Å². The second-order valence-corrected chi connectivity index (χ2v) is 11.6. The van der Waals surface area contributed by atoms with Gasteiger partial charge in [0, 0.05) is 24.5 Å². The van der Waals surface area contributed by atoms with Crippen LogP contribution < -0.4 is 10.1 Å². The predicted octanol–water partition coefficient (Wildman–Crippen LogP) is 6.32. The monoisotopic (exact) mass is 684 g/mol. The standard InChI is InChI=1S/C33H27F3N2O9S/c1-18-6-12-22(23(15-18)19-7-9-20(10-8-19)33(34,35)36)27(39)37-25-13-11-21(16-24(25)28(40)38(2)3)47-31(45)46-17-32(29(41)42,30(43)44)26-5-4-14-48-26/h4-16H,17H2,1-3H3,(H,37,39)(H,41,42)(H,43,44). The molecular weight excluding hydrogens is 657 g/mol. The minimum absolute atomic E-state index is 0.00757. The summed E-state index contributed by atoms with van der Waals surface area (Å²) >= 11 is 0.845. The number of hydrogen-bond acceptors (Lipinski definition) is 8. The third-order valence-corrected chi connectivity index (χ3v) is 8.13. The average molecular weight is 685 g/mol. The molecule has 4 aromatic rings. The van der Waals surface area contributed by atoms with Crippen molar-refractivity contribution in [2.45, 2.75) is 18.5 Å². The lowest BCUT2D eigenvalue weighted by atomic mass is 9.87. The molecule has 0 spiro atoms. The van der Waals surface area contributed by atoms with Crippen LogP contribution in [0, 0.1) is 6.92 Å². The molecule has 0 radical (unpaired) electrons. The number of halogens is 3. The fraction of sp³-hybridized carbons (Fsp3) is 0.182. The molecule has 0 bridgehead atoms. The first-order valence-corrected chi connectivity index (χ1v) is 14.7. The van der Waals surface area contributed by atoms with Gasteiger partial charge in [0.2, 0.25) is 5.41 Å². The molecule has 0 atom stereocenters. The lowest BCUT2D eigenvalue weighted by molar-refractivity contribution is -0.160. The Morgan fingerprint density at radius 1 is 0.875 bits per heavy atom. The topological polar surface area (TPSA) is 160 Å². The van der Waals surface area contributed by atoms with Crippen LogP contribution in [0.5, 0.6) is 5.75 Å². The van der Waals surface area contributed by atoms with Crippen LogP contribution in [0.4, 0.5) is 23.7 Å². The first-order chi connectivity index (χ1) is 22.5. The van der Waals surface area contributed by atoms with Crippen LogP contribution in [-0.4, -0.2) is 65.7 Å². The summed E-state index contributed by atoms with van der Waals surface area (Å²) in [5, 5.41) is 23.5. The maximum absolute atomic E-state index is 13.5. The van der Waals surface area contributed by atoms with E-state index in [0.717, 1.165) is 35.1 Å². The quantitative estimate of drug-likeness (QED) is 0.0987. The molecule has 0 saturated carbocycles. The number of carboxylic acid groups (broad SMARTS) is 2. The Labute approximate surface area is 275 Å². The number of aryl methyl sites for hydroxylation is 1. The second kappa shape index (κ2) is 14.0. The largest absolute Gasteiger partial charge is 0.513 e. The number of aliphatic carboxylic acids is 2. The molecule has 0 aliphatic rings. The summed E-state index contributed by atoms with van der Waals surface area (Å²) < 4.78 is 49.4. The molecule has 0 fully saturated rings. The van der Waals surface area contributed by atoms with E-state index in [1.54, 1.807) is 19.1 Å². The fourth-order valence-corrected chi connectivity index (χ4v) is 5.44. The Morgan fingerprint density at radius 2 is 1.54 bits per heavy atom. The molecule has 0 aliphatic heterocycles. The van der Waals surface area contributed by atoms with Crippen LogP contribution in [-0.2, 0) is 25.9 Å². The van der Waals surface area contributed by atoms with Gasteiger partial charge in [0.25, 0.3) is 11.8 Å². The highest BCUT2D eigenvalue weighted by Crippen LogP contribution is 2.34. The highest BCUT2D eigenvalue weighted by Gasteiger charge is 2.51. The van der Waals surface area contributed by atoms with Crippen LogP contribution in [0.25, 0.3) is 11.1 Å². The summed E-state index contributed by atoms with van der Waals surface area (Å²) in [6.45, 7) is 0.644. The lowest BCUT2D eigenvalue weighted by Gasteiger charge is -2.23. The number of thiophene rings is 1. The minimum atomic E-state index is -4.54. The molecule has 3 aromatic carbocycles. The number of rotatable bonds is 10. The van der Waals surface area contributed by atoms with E-state index < -0.39 is 53.7 Å². The Hall–Kier alpha value is -5.70. The zero-order valence-corrected chi connectivity index (χ0v) is 26.3. The lowest BCUT2D eigenvalue weighted by Crippen LogP contribution is -2.47. The van der Waals surface area contributed by atoms with Crippen molar-refractivity contribution in [3.05, 3.63) is 105 Å². The van der Waals surface area contributed by atoms with Crippen molar-refractivity contribution in [2.75, 3.05) is 26.0 Å². The third-order valence-electron chi connectivity index (χ3n) is 7.10. The van der Waals surface area contributed by atoms with Gasteiger partial charge in [-0.2, -0.15) is 13.2 Å². The van der Waals surface area contributed by atoms with E-state index >= 15 is 0 Å². The number of nitrogens with one attached hydrogen (secondary N) is 1. The summed E-state index contributed by atoms with van der Waals surface area (Å²) in [6, 6.07) is 15.4. The number of benzene rings is 3. The van der Waals surface area contributed by atoms with Crippen LogP contribution in [0.15, 0.2) is 78.2 Å². The van der Waals surface area contributed by atoms with Gasteiger partial charge in [-0.05, 0) is 65.9 Å². The van der Waals surface area contributed by atoms with E-state index in [0.29, 0.717) is 11.1 Å². The van der Waals surface area contributed by atoms with Gasteiger partial charge in [0.05, 0.1) is 16.8 Å². The van der Waals surface area contributed by atoms with Crippen LogP contribution in [0.3, 0.4) is 0 Å². The zero-order chi connectivity index (χ0) is 35.4. The number of anilines is 1. The van der Waals surface area contributed by atoms with Crippen molar-refractivity contribution in [2.24, 2.45) is 0 Å². The zero-order valence-electron chi connectivity index (χ0n) is 25.5. The summed E-state index contributed by atoms with van der Waals surface area (Å²) in [7, 11) is 2.86. The van der Waals surface area contributed by atoms with Gasteiger partial charge in [-0.3, -0.25) is 19.2 Å². The van der Waals surface area contributed by atoms with Crippen LogP contribution in [0.1, 0.15) is 36.7 Å². The number of carbonyl (C=O) groups is 5. The van der Waals surface area contributed by atoms with Crippen LogP contribution in [0.2, 0.25) is 0 Å². The molecule has 1 aromatic heterocycles. The Bertz CT molecular complexity index is 1860. The van der Waals surface area contributed by atoms with E-state index in [1.807, 2.05) is 0 Å². The molecule has 11 nitrogen and oxygen atoms in total. The van der Waals surface area contributed by atoms with Gasteiger partial charge < -0.3 is 29.9 Å². The Kier molecular flexibility index (Phi) is 10.2. The first kappa shape index (κ1) is 35.2. The van der Waals surface area contributed by atoms with Gasteiger partial charge in [-0.25, -0.2) is 4.79 Å². The normalized spacial score (nSPS) is 11.4. The van der Waals surface area contributed by atoms with E-state index in [1.165, 1.54) is 66.8 Å². The number of hydrogen-bond donors (Lipinski definition) is 3. The number of alkyl halides is 3. The Morgan fingerprint density at radius 3 is 2.10 bits per heavy atom. The molecule has 0 unspecified atom stereocenters. The van der Waals surface area contributed by atoms with Crippen molar-refractivity contribution in [3.63, 3.8) is 0 Å². The molecule has 0 saturated heterocycles. The molecule has 1 heterocycles. The molecule has 0 aliphatic carbocycles. The van der Waals surface area contributed by atoms with Crippen molar-refractivity contribution in [1.82, 2.24) is 4.90 Å². The molecule has 4 rings (SSSR count). The highest BCUT2D eigenvalue weighted by molar-refractivity contribution is 7.10. The van der Waals surface area contributed by atoms with Gasteiger partial charge >= 0.3 is 24.3 Å². The number of amides is 2. The number of carbonyl (C=O) groups excluding carboxylic acids is 3. The van der Waals surface area contributed by atoms with E-state index in [4.69, 9.17) is 9.47 Å². The van der Waals surface area contributed by atoms with Crippen LogP contribution >= 0.6 is 11.3 Å². The minimum Gasteiger partial charge on any atom is -0.480 e. The van der Waals surface area contributed by atoms with Gasteiger partial charge in [-0.1, -0.05) is 35.9 Å². The molecular formula is C33H27F3N2O9S. The highest BCUT2D eigenvalue weighted by atomic mass is 32.1. The van der Waals surface area contributed by atoms with E-state index in [-0.39, 0.29) is 27.4 Å². The van der Waals surface area contributed by atoms with E-state index in [9.17, 15) is 47.4 Å². The van der Waals surface area contributed by atoms with Gasteiger partial charge in [0.15, 0.2) is 0 Å². The average Bonchev–Trinajstić information content (AvgIpc) is 3.56. The first-order valence-electron chi connectivity index (χ1n) is 13.9. The molecule has 3 N–H and O–H groups in total. The van der Waals surface area contributed by atoms with Gasteiger partial charge in [-0.15, -0.1) is 11.3 Å². The smallest absolute Gasteiger partial charge is 0.480 e. The second-order valence-electron chi connectivity index (χ2n) is 10.6. The summed E-state index contributed by atoms with van der Waals surface area (Å²) in [5.41, 5.74) is -2.08. The molecule has 250 valence electrons.